The van der Waals surface area contributed by atoms with Crippen LogP contribution in [0.3, 0.4) is 0 Å². The van der Waals surface area contributed by atoms with Crippen LogP contribution in [0.1, 0.15) is 0 Å². The highest BCUT2D eigenvalue weighted by Gasteiger charge is 2.29. The molecule has 506 valence electrons. The molecular weight excluding hydrogens is 1340 g/mol. The third-order valence-electron chi connectivity index (χ3n) is 22.1. The van der Waals surface area contributed by atoms with Crippen molar-refractivity contribution in [3.05, 3.63) is 328 Å². The highest BCUT2D eigenvalue weighted by molar-refractivity contribution is 6.28. The van der Waals surface area contributed by atoms with E-state index in [1.165, 1.54) is 0 Å². The zero-order chi connectivity index (χ0) is 71.1. The van der Waals surface area contributed by atoms with E-state index in [4.69, 9.17) is 43.2 Å². The van der Waals surface area contributed by atoms with E-state index in [0.29, 0.717) is 35.2 Å². The highest BCUT2D eigenvalue weighted by atomic mass is 16.3. The van der Waals surface area contributed by atoms with Crippen LogP contribution >= 0.6 is 0 Å². The number of rotatable bonds is 9. The summed E-state index contributed by atoms with van der Waals surface area (Å²) in [6.07, 6.45) is 0. The Balaban J connectivity index is 0.744. The van der Waals surface area contributed by atoms with Crippen LogP contribution in [-0.2, 0) is 0 Å². The van der Waals surface area contributed by atoms with E-state index in [1.807, 2.05) is 54.6 Å². The average molecular weight is 1400 g/mol. The van der Waals surface area contributed by atoms with E-state index in [0.717, 1.165) is 198 Å². The summed E-state index contributed by atoms with van der Waals surface area (Å²) in [7, 11) is 0. The Kier molecular flexibility index (Phi) is 12.4. The number of hydrogen-bond donors (Lipinski definition) is 0. The van der Waals surface area contributed by atoms with Crippen LogP contribution in [0, 0.1) is 0 Å². The summed E-state index contributed by atoms with van der Waals surface area (Å²) < 4.78 is 29.1. The summed E-state index contributed by atoms with van der Waals surface area (Å²) in [4.78, 5) is 33.6. The number of benzene rings is 15. The Labute approximate surface area is 618 Å². The van der Waals surface area contributed by atoms with Crippen molar-refractivity contribution in [1.82, 2.24) is 48.2 Å². The van der Waals surface area contributed by atoms with Crippen LogP contribution < -0.4 is 0 Å². The molecule has 0 N–H and O–H groups in total. The first kappa shape index (κ1) is 59.3. The van der Waals surface area contributed by atoms with Gasteiger partial charge in [-0.2, -0.15) is 19.9 Å². The fraction of sp³-hybridized carbons (Fsp3) is 0. The Morgan fingerprint density at radius 2 is 0.523 bits per heavy atom. The minimum absolute atomic E-state index is 0.451. The first-order valence-electron chi connectivity index (χ1n) is 36.5. The molecule has 13 nitrogen and oxygen atoms in total. The summed E-state index contributed by atoms with van der Waals surface area (Å²) in [5.74, 6) is 2.95. The lowest BCUT2D eigenvalue weighted by atomic mass is 9.99. The number of furan rings is 3. The summed E-state index contributed by atoms with van der Waals surface area (Å²) >= 11 is 0. The molecule has 13 heteroatoms. The Morgan fingerprint density at radius 1 is 0.193 bits per heavy atom. The molecular formula is C96H54N10O3. The molecule has 24 rings (SSSR count). The first-order valence-corrected chi connectivity index (χ1v) is 36.5. The van der Waals surface area contributed by atoms with Gasteiger partial charge in [0.1, 0.15) is 33.5 Å². The van der Waals surface area contributed by atoms with Gasteiger partial charge in [0.05, 0.1) is 71.7 Å². The van der Waals surface area contributed by atoms with Gasteiger partial charge >= 0.3 is 0 Å². The molecule has 24 aromatic rings. The van der Waals surface area contributed by atoms with Crippen LogP contribution in [0.25, 0.3) is 233 Å². The molecule has 0 saturated heterocycles. The van der Waals surface area contributed by atoms with E-state index >= 15 is 0 Å². The summed E-state index contributed by atoms with van der Waals surface area (Å²) in [6, 6.07) is 114. The monoisotopic (exact) mass is 1390 g/mol. The van der Waals surface area contributed by atoms with Crippen LogP contribution in [-0.4, -0.2) is 48.2 Å². The van der Waals surface area contributed by atoms with Gasteiger partial charge in [0.15, 0.2) is 23.3 Å². The molecule has 0 aliphatic carbocycles. The van der Waals surface area contributed by atoms with Crippen molar-refractivity contribution in [3.8, 4) is 79.9 Å². The van der Waals surface area contributed by atoms with Gasteiger partial charge in [-0.15, -0.1) is 0 Å². The van der Waals surface area contributed by atoms with E-state index < -0.39 is 0 Å². The topological polar surface area (TPSA) is 136 Å². The lowest BCUT2D eigenvalue weighted by molar-refractivity contribution is 0.669. The molecule has 0 saturated carbocycles. The minimum Gasteiger partial charge on any atom is -0.456 e. The van der Waals surface area contributed by atoms with Gasteiger partial charge in [0, 0.05) is 81.5 Å². The fourth-order valence-electron chi connectivity index (χ4n) is 17.4. The molecule has 0 amide bonds. The second-order valence-corrected chi connectivity index (χ2v) is 28.0. The van der Waals surface area contributed by atoms with Crippen molar-refractivity contribution in [3.63, 3.8) is 0 Å². The molecule has 0 bridgehead atoms. The minimum atomic E-state index is 0.451. The molecule has 0 radical (unpaired) electrons. The van der Waals surface area contributed by atoms with Gasteiger partial charge in [-0.05, 0) is 120 Å². The van der Waals surface area contributed by atoms with Crippen molar-refractivity contribution >= 4 is 153 Å². The molecule has 9 heterocycles. The molecule has 0 aliphatic rings. The molecule has 0 fully saturated rings. The second kappa shape index (κ2) is 22.7. The molecule has 0 unspecified atom stereocenters. The van der Waals surface area contributed by atoms with E-state index in [9.17, 15) is 0 Å². The second-order valence-electron chi connectivity index (χ2n) is 28.0. The van der Waals surface area contributed by atoms with Crippen molar-refractivity contribution in [2.45, 2.75) is 0 Å². The van der Waals surface area contributed by atoms with Gasteiger partial charge in [0.2, 0.25) is 11.9 Å². The zero-order valence-electron chi connectivity index (χ0n) is 57.9. The molecule has 109 heavy (non-hydrogen) atoms. The smallest absolute Gasteiger partial charge is 0.238 e. The molecule has 0 spiro atoms. The van der Waals surface area contributed by atoms with Gasteiger partial charge in [-0.1, -0.05) is 218 Å². The van der Waals surface area contributed by atoms with Gasteiger partial charge in [-0.3, -0.25) is 9.13 Å². The predicted octanol–water partition coefficient (Wildman–Crippen LogP) is 24.5. The first-order chi connectivity index (χ1) is 54.1. The number of hydrogen-bond acceptors (Lipinski definition) is 9. The zero-order valence-corrected chi connectivity index (χ0v) is 57.9. The Bertz CT molecular complexity index is 7950. The van der Waals surface area contributed by atoms with Gasteiger partial charge in [-0.25, -0.2) is 9.97 Å². The standard InChI is InChI=1S/C96H54N10O3/c1-2-22-56(23-3-1)91-98-94(102-95(99-91)105-74-35-15-4-24-59(74)60-25-5-16-36-75(60)105)71-54-58(46-50-78(71)104-73-34-14-7-27-62(73)65-48-52-83-86(89(65)104)69-31-11-20-40-80(69)108-83)55-42-44-57(45-43-55)92-97-93(101-96(100-92)106-76-37-17-8-28-63(76)66-49-53-84-87(90(66)106)70-32-12-21-41-81(70)109-84)67-29-9-18-38-77(67)103-72-33-13-6-26-61(72)64-47-51-82-85(88(64)103)68-30-10-19-39-79(68)107-82/h1-54H. The quantitative estimate of drug-likeness (QED) is 0.138. The maximum atomic E-state index is 6.69. The maximum absolute atomic E-state index is 6.69. The van der Waals surface area contributed by atoms with Crippen LogP contribution in [0.15, 0.2) is 341 Å². The SMILES string of the molecule is c1ccc(-c2nc(-c3cc(-c4ccc(-c5nc(-c6ccccc6-n6c7ccccc7c7ccc8oc9ccccc9c8c76)nc(-n6c7ccccc7c7ccc8oc9ccccc9c8c76)n5)cc4)ccc3-n3c4ccccc4c4ccc5oc6ccccc6c5c43)nc(-n3c4ccccc4c4ccccc43)n2)cc1. The van der Waals surface area contributed by atoms with Crippen molar-refractivity contribution < 1.29 is 13.3 Å². The molecule has 9 aromatic heterocycles. The largest absolute Gasteiger partial charge is 0.456 e. The Hall–Kier alpha value is -15.1. The summed E-state index contributed by atoms with van der Waals surface area (Å²) in [5.41, 5.74) is 19.7. The Morgan fingerprint density at radius 3 is 1.01 bits per heavy atom. The number of nitrogens with zero attached hydrogens (tertiary/aromatic N) is 10. The lowest BCUT2D eigenvalue weighted by Crippen LogP contribution is -2.08. The van der Waals surface area contributed by atoms with E-state index in [1.54, 1.807) is 0 Å². The predicted molar refractivity (Wildman–Crippen MR) is 440 cm³/mol. The average Bonchev–Trinajstić information content (AvgIpc) is 1.57. The van der Waals surface area contributed by atoms with Crippen molar-refractivity contribution in [2.24, 2.45) is 0 Å². The third kappa shape index (κ3) is 8.65. The molecule has 0 aliphatic heterocycles. The number of para-hydroxylation sites is 9. The van der Waals surface area contributed by atoms with Crippen LogP contribution in [0.5, 0.6) is 0 Å². The molecule has 0 atom stereocenters. The van der Waals surface area contributed by atoms with Crippen LogP contribution in [0.2, 0.25) is 0 Å². The van der Waals surface area contributed by atoms with E-state index in [2.05, 4.69) is 291 Å². The maximum Gasteiger partial charge on any atom is 0.238 e. The van der Waals surface area contributed by atoms with Crippen molar-refractivity contribution in [2.75, 3.05) is 0 Å². The fourth-order valence-corrected chi connectivity index (χ4v) is 17.4. The highest BCUT2D eigenvalue weighted by Crippen LogP contribution is 2.48. The third-order valence-corrected chi connectivity index (χ3v) is 22.1. The van der Waals surface area contributed by atoms with Gasteiger partial charge < -0.3 is 22.4 Å². The summed E-state index contributed by atoms with van der Waals surface area (Å²) in [6.45, 7) is 0. The number of fused-ring (bicyclic) bond motifs is 24. The van der Waals surface area contributed by atoms with E-state index in [-0.39, 0.29) is 0 Å². The molecule has 15 aromatic carbocycles. The number of aromatic nitrogens is 10. The normalized spacial score (nSPS) is 12.2. The van der Waals surface area contributed by atoms with Crippen LogP contribution in [0.4, 0.5) is 0 Å². The van der Waals surface area contributed by atoms with Crippen molar-refractivity contribution in [1.29, 1.82) is 0 Å². The van der Waals surface area contributed by atoms with Gasteiger partial charge in [0.25, 0.3) is 0 Å². The lowest BCUT2D eigenvalue weighted by Gasteiger charge is -2.17. The summed E-state index contributed by atoms with van der Waals surface area (Å²) in [5, 5.41) is 14.8.